The van der Waals surface area contributed by atoms with Gasteiger partial charge in [0.2, 0.25) is 0 Å². The van der Waals surface area contributed by atoms with Gasteiger partial charge in [0.05, 0.1) is 5.41 Å². The molecule has 1 aliphatic heterocycles. The predicted molar refractivity (Wildman–Crippen MR) is 81.2 cm³/mol. The summed E-state index contributed by atoms with van der Waals surface area (Å²) in [5, 5.41) is 9.41. The number of rotatable bonds is 3. The zero-order valence-corrected chi connectivity index (χ0v) is 13.3. The largest absolute Gasteiger partial charge is 0.481 e. The highest BCUT2D eigenvalue weighted by Crippen LogP contribution is 2.35. The average Bonchev–Trinajstić information content (AvgIpc) is 2.54. The summed E-state index contributed by atoms with van der Waals surface area (Å²) in [5.41, 5.74) is -0.625. The molecule has 2 aliphatic rings. The highest BCUT2D eigenvalue weighted by Gasteiger charge is 2.41. The third-order valence-corrected chi connectivity index (χ3v) is 5.55. The summed E-state index contributed by atoms with van der Waals surface area (Å²) < 4.78 is 0. The lowest BCUT2D eigenvalue weighted by Gasteiger charge is -2.41. The number of carboxylic acid groups (broad SMARTS) is 1. The number of amides is 2. The van der Waals surface area contributed by atoms with E-state index in [4.69, 9.17) is 0 Å². The summed E-state index contributed by atoms with van der Waals surface area (Å²) >= 11 is 0. The maximum atomic E-state index is 12.6. The van der Waals surface area contributed by atoms with Gasteiger partial charge in [-0.25, -0.2) is 4.79 Å². The zero-order valence-electron chi connectivity index (χ0n) is 13.3. The lowest BCUT2D eigenvalue weighted by molar-refractivity contribution is -0.152. The number of likely N-dealkylation sites (tertiary alicyclic amines) is 1. The number of urea groups is 1. The Morgan fingerprint density at radius 1 is 1.19 bits per heavy atom. The number of nitrogens with zero attached hydrogens (tertiary/aromatic N) is 2. The number of hydrogen-bond acceptors (Lipinski definition) is 2. The molecule has 2 fully saturated rings. The van der Waals surface area contributed by atoms with E-state index in [1.807, 2.05) is 23.8 Å². The third kappa shape index (κ3) is 3.33. The van der Waals surface area contributed by atoms with Crippen molar-refractivity contribution in [1.29, 1.82) is 0 Å². The molecule has 1 heterocycles. The van der Waals surface area contributed by atoms with E-state index in [0.717, 1.165) is 12.8 Å². The maximum Gasteiger partial charge on any atom is 0.319 e. The van der Waals surface area contributed by atoms with Gasteiger partial charge in [0.1, 0.15) is 0 Å². The molecule has 1 N–H and O–H groups in total. The van der Waals surface area contributed by atoms with E-state index in [-0.39, 0.29) is 6.03 Å². The lowest BCUT2D eigenvalue weighted by atomic mass is 9.76. The van der Waals surface area contributed by atoms with Crippen LogP contribution in [0.4, 0.5) is 4.79 Å². The molecule has 5 nitrogen and oxygen atoms in total. The Bertz CT molecular complexity index is 383. The molecule has 120 valence electrons. The minimum absolute atomic E-state index is 0.0805. The summed E-state index contributed by atoms with van der Waals surface area (Å²) in [6.07, 6.45) is 7.68. The van der Waals surface area contributed by atoms with Crippen LogP contribution in [0.15, 0.2) is 0 Å². The number of piperidine rings is 1. The van der Waals surface area contributed by atoms with Crippen LogP contribution in [0, 0.1) is 5.41 Å². The Morgan fingerprint density at radius 2 is 1.76 bits per heavy atom. The minimum atomic E-state index is -0.710. The van der Waals surface area contributed by atoms with Gasteiger partial charge in [0.15, 0.2) is 0 Å². The monoisotopic (exact) mass is 296 g/mol. The first-order chi connectivity index (χ1) is 10.00. The average molecular weight is 296 g/mol. The molecule has 0 aromatic rings. The van der Waals surface area contributed by atoms with E-state index < -0.39 is 11.4 Å². The van der Waals surface area contributed by atoms with Gasteiger partial charge in [-0.3, -0.25) is 4.79 Å². The Hall–Kier alpha value is -1.26. The smallest absolute Gasteiger partial charge is 0.319 e. The number of carbonyl (C=O) groups excluding carboxylic acids is 1. The standard InChI is InChI=1S/C16H28N2O3/c1-3-16(14(19)20)9-11-18(12-10-16)15(21)17(2)13-7-5-4-6-8-13/h13H,3-12H2,1-2H3,(H,19,20). The molecule has 0 spiro atoms. The molecule has 1 aliphatic carbocycles. The predicted octanol–water partition coefficient (Wildman–Crippen LogP) is 2.95. The van der Waals surface area contributed by atoms with Crippen molar-refractivity contribution in [2.75, 3.05) is 20.1 Å². The molecule has 0 aromatic heterocycles. The molecule has 0 unspecified atom stereocenters. The SMILES string of the molecule is CCC1(C(=O)O)CCN(C(=O)N(C)C2CCCCC2)CC1. The van der Waals surface area contributed by atoms with E-state index >= 15 is 0 Å². The lowest BCUT2D eigenvalue weighted by Crippen LogP contribution is -2.52. The quantitative estimate of drug-likeness (QED) is 0.871. The van der Waals surface area contributed by atoms with E-state index in [1.54, 1.807) is 0 Å². The van der Waals surface area contributed by atoms with Crippen LogP contribution < -0.4 is 0 Å². The van der Waals surface area contributed by atoms with E-state index in [0.29, 0.717) is 38.4 Å². The highest BCUT2D eigenvalue weighted by atomic mass is 16.4. The number of carboxylic acids is 1. The van der Waals surface area contributed by atoms with Gasteiger partial charge in [-0.15, -0.1) is 0 Å². The second-order valence-corrected chi connectivity index (χ2v) is 6.61. The molecule has 2 amide bonds. The molecule has 0 radical (unpaired) electrons. The van der Waals surface area contributed by atoms with Gasteiger partial charge < -0.3 is 14.9 Å². The van der Waals surface area contributed by atoms with Gasteiger partial charge in [-0.1, -0.05) is 26.2 Å². The molecule has 1 saturated carbocycles. The van der Waals surface area contributed by atoms with Crippen molar-refractivity contribution in [2.24, 2.45) is 5.41 Å². The van der Waals surface area contributed by atoms with Crippen LogP contribution >= 0.6 is 0 Å². The van der Waals surface area contributed by atoms with E-state index in [9.17, 15) is 14.7 Å². The number of carbonyl (C=O) groups is 2. The van der Waals surface area contributed by atoms with Crippen molar-refractivity contribution in [1.82, 2.24) is 9.80 Å². The van der Waals surface area contributed by atoms with E-state index in [1.165, 1.54) is 19.3 Å². The summed E-state index contributed by atoms with van der Waals surface area (Å²) in [7, 11) is 1.90. The second kappa shape index (κ2) is 6.67. The Morgan fingerprint density at radius 3 is 2.24 bits per heavy atom. The maximum absolute atomic E-state index is 12.6. The first-order valence-electron chi connectivity index (χ1n) is 8.25. The molecule has 21 heavy (non-hydrogen) atoms. The zero-order chi connectivity index (χ0) is 15.5. The molecular formula is C16H28N2O3. The van der Waals surface area contributed by atoms with Crippen LogP contribution in [0.3, 0.4) is 0 Å². The first kappa shape index (κ1) is 16.1. The van der Waals surface area contributed by atoms with Gasteiger partial charge in [-0.2, -0.15) is 0 Å². The molecule has 5 heteroatoms. The van der Waals surface area contributed by atoms with Gasteiger partial charge >= 0.3 is 12.0 Å². The minimum Gasteiger partial charge on any atom is -0.481 e. The molecule has 0 bridgehead atoms. The second-order valence-electron chi connectivity index (χ2n) is 6.61. The van der Waals surface area contributed by atoms with Crippen LogP contribution in [0.2, 0.25) is 0 Å². The molecular weight excluding hydrogens is 268 g/mol. The number of aliphatic carboxylic acids is 1. The third-order valence-electron chi connectivity index (χ3n) is 5.55. The summed E-state index contributed by atoms with van der Waals surface area (Å²) in [6, 6.07) is 0.445. The van der Waals surface area contributed by atoms with Crippen molar-refractivity contribution in [2.45, 2.75) is 64.3 Å². The molecule has 2 rings (SSSR count). The van der Waals surface area contributed by atoms with Crippen molar-refractivity contribution in [3.05, 3.63) is 0 Å². The first-order valence-corrected chi connectivity index (χ1v) is 8.25. The van der Waals surface area contributed by atoms with Crippen molar-refractivity contribution in [3.8, 4) is 0 Å². The number of hydrogen-bond donors (Lipinski definition) is 1. The Balaban J connectivity index is 1.91. The van der Waals surface area contributed by atoms with Crippen LogP contribution in [0.1, 0.15) is 58.3 Å². The van der Waals surface area contributed by atoms with Crippen molar-refractivity contribution >= 4 is 12.0 Å². The van der Waals surface area contributed by atoms with Crippen LogP contribution in [-0.4, -0.2) is 53.1 Å². The fraction of sp³-hybridized carbons (Fsp3) is 0.875. The molecule has 0 aromatic carbocycles. The normalized spacial score (nSPS) is 22.9. The van der Waals surface area contributed by atoms with Crippen LogP contribution in [0.5, 0.6) is 0 Å². The van der Waals surface area contributed by atoms with Gasteiger partial charge in [0, 0.05) is 26.2 Å². The summed E-state index contributed by atoms with van der Waals surface area (Å²) in [4.78, 5) is 27.7. The molecule has 0 atom stereocenters. The Labute approximate surface area is 127 Å². The van der Waals surface area contributed by atoms with Crippen molar-refractivity contribution in [3.63, 3.8) is 0 Å². The van der Waals surface area contributed by atoms with Crippen LogP contribution in [0.25, 0.3) is 0 Å². The summed E-state index contributed by atoms with van der Waals surface area (Å²) in [5.74, 6) is -0.710. The fourth-order valence-electron chi connectivity index (χ4n) is 3.69. The summed E-state index contributed by atoms with van der Waals surface area (Å²) in [6.45, 7) is 3.06. The highest BCUT2D eigenvalue weighted by molar-refractivity contribution is 5.77. The van der Waals surface area contributed by atoms with Gasteiger partial charge in [0.25, 0.3) is 0 Å². The van der Waals surface area contributed by atoms with Crippen LogP contribution in [-0.2, 0) is 4.79 Å². The topological polar surface area (TPSA) is 60.9 Å². The van der Waals surface area contributed by atoms with E-state index in [2.05, 4.69) is 0 Å². The van der Waals surface area contributed by atoms with Crippen molar-refractivity contribution < 1.29 is 14.7 Å². The van der Waals surface area contributed by atoms with Gasteiger partial charge in [-0.05, 0) is 32.1 Å². The fourth-order valence-corrected chi connectivity index (χ4v) is 3.69. The Kier molecular flexibility index (Phi) is 5.12. The molecule has 1 saturated heterocycles.